The number of ether oxygens (including phenoxy) is 2. The molecule has 0 amide bonds. The van der Waals surface area contributed by atoms with E-state index >= 15 is 0 Å². The van der Waals surface area contributed by atoms with Crippen molar-refractivity contribution in [1.29, 1.82) is 0 Å². The van der Waals surface area contributed by atoms with Gasteiger partial charge in [-0.1, -0.05) is 17.0 Å². The lowest BCUT2D eigenvalue weighted by Crippen LogP contribution is -2.14. The molecule has 0 aliphatic carbocycles. The first-order valence-corrected chi connectivity index (χ1v) is 7.97. The highest BCUT2D eigenvalue weighted by molar-refractivity contribution is 8.00. The number of hydrogen-bond donors (Lipinski definition) is 0. The molecule has 1 aromatic carbocycles. The number of esters is 1. The molecule has 0 saturated heterocycles. The zero-order valence-electron chi connectivity index (χ0n) is 13.3. The summed E-state index contributed by atoms with van der Waals surface area (Å²) in [6.07, 6.45) is 1.43. The van der Waals surface area contributed by atoms with Crippen LogP contribution in [0.1, 0.15) is 6.92 Å². The first-order chi connectivity index (χ1) is 11.6. The smallest absolute Gasteiger partial charge is 0.318 e. The molecule has 0 fully saturated rings. The summed E-state index contributed by atoms with van der Waals surface area (Å²) in [6, 6.07) is 7.38. The number of nitrogens with zero attached hydrogens (tertiary/aromatic N) is 5. The van der Waals surface area contributed by atoms with E-state index < -0.39 is 5.25 Å². The fourth-order valence-electron chi connectivity index (χ4n) is 2.09. The van der Waals surface area contributed by atoms with Gasteiger partial charge in [-0.05, 0) is 31.2 Å². The van der Waals surface area contributed by atoms with Gasteiger partial charge in [0.25, 0.3) is 0 Å². The van der Waals surface area contributed by atoms with Crippen molar-refractivity contribution in [3.63, 3.8) is 0 Å². The van der Waals surface area contributed by atoms with Crippen molar-refractivity contribution in [2.24, 2.45) is 0 Å². The van der Waals surface area contributed by atoms with Crippen molar-refractivity contribution in [1.82, 2.24) is 25.0 Å². The monoisotopic (exact) mass is 345 g/mol. The Morgan fingerprint density at radius 3 is 2.62 bits per heavy atom. The van der Waals surface area contributed by atoms with Crippen molar-refractivity contribution in [2.45, 2.75) is 17.2 Å². The first kappa shape index (κ1) is 16.2. The van der Waals surface area contributed by atoms with Crippen LogP contribution in [0.3, 0.4) is 0 Å². The van der Waals surface area contributed by atoms with Gasteiger partial charge in [-0.2, -0.15) is 4.68 Å². The van der Waals surface area contributed by atoms with E-state index in [-0.39, 0.29) is 5.97 Å². The number of thioether (sulfide) groups is 1. The van der Waals surface area contributed by atoms with Crippen molar-refractivity contribution in [3.8, 4) is 11.4 Å². The number of methoxy groups -OCH3 is 2. The lowest BCUT2D eigenvalue weighted by molar-refractivity contribution is -0.139. The zero-order chi connectivity index (χ0) is 17.1. The van der Waals surface area contributed by atoms with Crippen LogP contribution in [0.4, 0.5) is 0 Å². The third-order valence-electron chi connectivity index (χ3n) is 3.34. The average molecular weight is 345 g/mol. The van der Waals surface area contributed by atoms with Crippen LogP contribution in [0.25, 0.3) is 16.9 Å². The van der Waals surface area contributed by atoms with Gasteiger partial charge in [-0.15, -0.1) is 5.10 Å². The van der Waals surface area contributed by atoms with Gasteiger partial charge in [0, 0.05) is 0 Å². The Morgan fingerprint density at radius 1 is 1.21 bits per heavy atom. The molecule has 2 aromatic heterocycles. The van der Waals surface area contributed by atoms with Crippen molar-refractivity contribution in [3.05, 3.63) is 30.6 Å². The van der Waals surface area contributed by atoms with Gasteiger partial charge in [0.1, 0.15) is 22.4 Å². The normalized spacial score (nSPS) is 12.1. The summed E-state index contributed by atoms with van der Waals surface area (Å²) in [5.74, 6) is 0.426. The largest absolute Gasteiger partial charge is 0.497 e. The molecule has 24 heavy (non-hydrogen) atoms. The van der Waals surface area contributed by atoms with Gasteiger partial charge in [0.2, 0.25) is 0 Å². The lowest BCUT2D eigenvalue weighted by Gasteiger charge is -2.08. The Hall–Kier alpha value is -2.68. The zero-order valence-corrected chi connectivity index (χ0v) is 14.1. The van der Waals surface area contributed by atoms with E-state index in [1.165, 1.54) is 25.2 Å². The molecule has 0 saturated carbocycles. The minimum absolute atomic E-state index is 0.325. The summed E-state index contributed by atoms with van der Waals surface area (Å²) in [6.45, 7) is 1.75. The maximum absolute atomic E-state index is 11.6. The summed E-state index contributed by atoms with van der Waals surface area (Å²) >= 11 is 1.26. The van der Waals surface area contributed by atoms with E-state index in [4.69, 9.17) is 9.47 Å². The molecule has 0 aliphatic rings. The number of carbonyl (C=O) groups excluding carboxylic acids is 1. The Bertz CT molecular complexity index is 865. The number of aromatic nitrogens is 5. The van der Waals surface area contributed by atoms with Crippen LogP contribution >= 0.6 is 11.8 Å². The molecule has 0 radical (unpaired) electrons. The van der Waals surface area contributed by atoms with E-state index in [9.17, 15) is 4.79 Å². The molecule has 0 N–H and O–H groups in total. The fourth-order valence-corrected chi connectivity index (χ4v) is 2.97. The third kappa shape index (κ3) is 3.02. The van der Waals surface area contributed by atoms with Crippen LogP contribution in [0, 0.1) is 0 Å². The molecule has 3 rings (SSSR count). The summed E-state index contributed by atoms with van der Waals surface area (Å²) < 4.78 is 11.5. The molecule has 124 valence electrons. The van der Waals surface area contributed by atoms with Gasteiger partial charge >= 0.3 is 5.97 Å². The van der Waals surface area contributed by atoms with Crippen molar-refractivity contribution in [2.75, 3.05) is 14.2 Å². The summed E-state index contributed by atoms with van der Waals surface area (Å²) in [7, 11) is 2.97. The molecule has 2 heterocycles. The summed E-state index contributed by atoms with van der Waals surface area (Å²) in [4.78, 5) is 20.1. The van der Waals surface area contributed by atoms with Crippen molar-refractivity contribution >= 4 is 28.9 Å². The van der Waals surface area contributed by atoms with E-state index in [1.54, 1.807) is 18.7 Å². The molecule has 0 bridgehead atoms. The van der Waals surface area contributed by atoms with Crippen LogP contribution in [-0.2, 0) is 9.53 Å². The van der Waals surface area contributed by atoms with Gasteiger partial charge in [-0.25, -0.2) is 9.97 Å². The number of fused-ring (bicyclic) bond motifs is 1. The molecule has 9 heteroatoms. The number of carbonyl (C=O) groups is 1. The number of hydrogen-bond acceptors (Lipinski definition) is 8. The van der Waals surface area contributed by atoms with Crippen LogP contribution in [0.15, 0.2) is 35.6 Å². The lowest BCUT2D eigenvalue weighted by atomic mass is 10.3. The highest BCUT2D eigenvalue weighted by atomic mass is 32.2. The maximum atomic E-state index is 11.6. The number of rotatable bonds is 5. The van der Waals surface area contributed by atoms with Crippen LogP contribution < -0.4 is 4.74 Å². The van der Waals surface area contributed by atoms with Crippen LogP contribution in [-0.4, -0.2) is 50.4 Å². The van der Waals surface area contributed by atoms with E-state index in [0.29, 0.717) is 16.2 Å². The second-order valence-corrected chi connectivity index (χ2v) is 6.16. The molecule has 1 unspecified atom stereocenters. The summed E-state index contributed by atoms with van der Waals surface area (Å²) in [5, 5.41) is 8.49. The summed E-state index contributed by atoms with van der Waals surface area (Å²) in [5.41, 5.74) is 1.90. The van der Waals surface area contributed by atoms with E-state index in [1.807, 2.05) is 24.3 Å². The first-order valence-electron chi connectivity index (χ1n) is 7.09. The Labute approximate surface area is 142 Å². The second kappa shape index (κ2) is 6.83. The van der Waals surface area contributed by atoms with E-state index in [2.05, 4.69) is 20.3 Å². The molecular weight excluding hydrogens is 330 g/mol. The van der Waals surface area contributed by atoms with E-state index in [0.717, 1.165) is 11.4 Å². The molecule has 3 aromatic rings. The Balaban J connectivity index is 1.98. The van der Waals surface area contributed by atoms with Crippen LogP contribution in [0.2, 0.25) is 0 Å². The molecule has 8 nitrogen and oxygen atoms in total. The number of benzene rings is 1. The van der Waals surface area contributed by atoms with Gasteiger partial charge in [0.05, 0.1) is 19.9 Å². The van der Waals surface area contributed by atoms with Gasteiger partial charge < -0.3 is 9.47 Å². The quantitative estimate of drug-likeness (QED) is 0.393. The third-order valence-corrected chi connectivity index (χ3v) is 4.41. The van der Waals surface area contributed by atoms with Crippen LogP contribution in [0.5, 0.6) is 5.75 Å². The van der Waals surface area contributed by atoms with Gasteiger partial charge in [-0.3, -0.25) is 4.79 Å². The second-order valence-electron chi connectivity index (χ2n) is 4.83. The van der Waals surface area contributed by atoms with Crippen molar-refractivity contribution < 1.29 is 14.3 Å². The minimum atomic E-state index is -0.403. The highest BCUT2D eigenvalue weighted by Gasteiger charge is 2.20. The maximum Gasteiger partial charge on any atom is 0.318 e. The predicted octanol–water partition coefficient (Wildman–Crippen LogP) is 1.87. The standard InChI is InChI=1S/C15H15N5O3S/c1-9(15(21)23-3)24-14-12-13(16-8-17-14)20(19-18-12)10-4-6-11(22-2)7-5-10/h4-9H,1-3H3. The van der Waals surface area contributed by atoms with Gasteiger partial charge in [0.15, 0.2) is 11.2 Å². The topological polar surface area (TPSA) is 92.0 Å². The minimum Gasteiger partial charge on any atom is -0.497 e. The SMILES string of the molecule is COC(=O)C(C)Sc1ncnc2c1nnn2-c1ccc(OC)cc1. The molecule has 1 atom stereocenters. The average Bonchev–Trinajstić information content (AvgIpc) is 3.06. The highest BCUT2D eigenvalue weighted by Crippen LogP contribution is 2.28. The Morgan fingerprint density at radius 2 is 1.96 bits per heavy atom. The molecule has 0 aliphatic heterocycles. The molecule has 0 spiro atoms. The fraction of sp³-hybridized carbons (Fsp3) is 0.267. The predicted molar refractivity (Wildman–Crippen MR) is 88.3 cm³/mol. The Kier molecular flexibility index (Phi) is 4.61. The molecular formula is C15H15N5O3S.